The summed E-state index contributed by atoms with van der Waals surface area (Å²) in [6.07, 6.45) is -3.33. The number of nitrogens with zero attached hydrogens (tertiary/aromatic N) is 1. The van der Waals surface area contributed by atoms with Gasteiger partial charge in [-0.25, -0.2) is 4.99 Å². The van der Waals surface area contributed by atoms with Crippen molar-refractivity contribution in [1.82, 2.24) is 10.6 Å². The first kappa shape index (κ1) is 22.3. The molecule has 0 aromatic heterocycles. The standard InChI is InChI=1S/C19H28F3N3O3/c1-3-23-17(25-12-18(26)6-8-27-9-7-18)24-11-15-5-4-14(2)10-16(15)28-13-19(20,21)22/h4-5,10,26H,3,6-9,11-13H2,1-2H3,(H2,23,24,25). The summed E-state index contributed by atoms with van der Waals surface area (Å²) in [5.41, 5.74) is 0.493. The Labute approximate surface area is 163 Å². The minimum atomic E-state index is -4.40. The molecule has 0 atom stereocenters. The van der Waals surface area contributed by atoms with Crippen LogP contribution in [-0.4, -0.2) is 55.8 Å². The quantitative estimate of drug-likeness (QED) is 0.482. The number of ether oxygens (including phenoxy) is 2. The normalized spacial score (nSPS) is 17.3. The van der Waals surface area contributed by atoms with Gasteiger partial charge < -0.3 is 25.2 Å². The number of nitrogens with one attached hydrogen (secondary N) is 2. The molecule has 1 aliphatic rings. The molecule has 0 bridgehead atoms. The molecular weight excluding hydrogens is 375 g/mol. The van der Waals surface area contributed by atoms with E-state index < -0.39 is 18.4 Å². The van der Waals surface area contributed by atoms with E-state index in [-0.39, 0.29) is 12.3 Å². The molecule has 2 rings (SSSR count). The van der Waals surface area contributed by atoms with E-state index in [1.54, 1.807) is 25.1 Å². The number of rotatable bonds is 7. The van der Waals surface area contributed by atoms with Crippen LogP contribution in [0.1, 0.15) is 30.9 Å². The fourth-order valence-electron chi connectivity index (χ4n) is 2.77. The molecule has 1 aliphatic heterocycles. The third-order valence-corrected chi connectivity index (χ3v) is 4.37. The van der Waals surface area contributed by atoms with Crippen molar-refractivity contribution >= 4 is 5.96 Å². The molecule has 9 heteroatoms. The predicted molar refractivity (Wildman–Crippen MR) is 101 cm³/mol. The molecule has 0 aliphatic carbocycles. The molecule has 1 heterocycles. The number of alkyl halides is 3. The third-order valence-electron chi connectivity index (χ3n) is 4.37. The summed E-state index contributed by atoms with van der Waals surface area (Å²) in [4.78, 5) is 4.42. The molecule has 158 valence electrons. The Morgan fingerprint density at radius 3 is 2.64 bits per heavy atom. The molecule has 6 nitrogen and oxygen atoms in total. The van der Waals surface area contributed by atoms with Crippen molar-refractivity contribution in [2.24, 2.45) is 4.99 Å². The van der Waals surface area contributed by atoms with Gasteiger partial charge in [-0.3, -0.25) is 0 Å². The Morgan fingerprint density at radius 2 is 2.00 bits per heavy atom. The SMILES string of the molecule is CCNC(=NCc1ccc(C)cc1OCC(F)(F)F)NCC1(O)CCOCC1. The minimum absolute atomic E-state index is 0.143. The molecule has 1 aromatic rings. The zero-order valence-electron chi connectivity index (χ0n) is 16.2. The Balaban J connectivity index is 2.04. The molecule has 0 saturated carbocycles. The van der Waals surface area contributed by atoms with Gasteiger partial charge in [-0.1, -0.05) is 12.1 Å². The second-order valence-electron chi connectivity index (χ2n) is 6.90. The van der Waals surface area contributed by atoms with Crippen LogP contribution in [0.15, 0.2) is 23.2 Å². The monoisotopic (exact) mass is 403 g/mol. The van der Waals surface area contributed by atoms with Crippen LogP contribution < -0.4 is 15.4 Å². The maximum Gasteiger partial charge on any atom is 0.422 e. The molecular formula is C19H28F3N3O3. The summed E-state index contributed by atoms with van der Waals surface area (Å²) in [5.74, 6) is 0.643. The van der Waals surface area contributed by atoms with Crippen molar-refractivity contribution < 1.29 is 27.8 Å². The van der Waals surface area contributed by atoms with E-state index in [1.807, 2.05) is 6.92 Å². The van der Waals surface area contributed by atoms with Gasteiger partial charge in [-0.05, 0) is 25.5 Å². The van der Waals surface area contributed by atoms with Crippen LogP contribution in [0.2, 0.25) is 0 Å². The smallest absolute Gasteiger partial charge is 0.422 e. The zero-order valence-corrected chi connectivity index (χ0v) is 16.2. The van der Waals surface area contributed by atoms with Crippen LogP contribution in [0.4, 0.5) is 13.2 Å². The Kier molecular flexibility index (Phi) is 7.94. The minimum Gasteiger partial charge on any atom is -0.484 e. The average molecular weight is 403 g/mol. The van der Waals surface area contributed by atoms with Crippen molar-refractivity contribution in [2.75, 3.05) is 32.9 Å². The Bertz CT molecular complexity index is 660. The van der Waals surface area contributed by atoms with Crippen molar-refractivity contribution in [3.63, 3.8) is 0 Å². The lowest BCUT2D eigenvalue weighted by atomic mass is 9.94. The molecule has 0 spiro atoms. The number of aliphatic imine (C=N–C) groups is 1. The van der Waals surface area contributed by atoms with Gasteiger partial charge in [0.05, 0.1) is 12.1 Å². The van der Waals surface area contributed by atoms with Gasteiger partial charge in [-0.15, -0.1) is 0 Å². The molecule has 0 amide bonds. The van der Waals surface area contributed by atoms with E-state index in [0.717, 1.165) is 5.56 Å². The van der Waals surface area contributed by atoms with Crippen LogP contribution in [0, 0.1) is 6.92 Å². The highest BCUT2D eigenvalue weighted by molar-refractivity contribution is 5.79. The maximum atomic E-state index is 12.5. The van der Waals surface area contributed by atoms with E-state index in [1.165, 1.54) is 0 Å². The Hall–Kier alpha value is -2.00. The van der Waals surface area contributed by atoms with Crippen LogP contribution in [0.5, 0.6) is 5.75 Å². The van der Waals surface area contributed by atoms with Crippen molar-refractivity contribution in [1.29, 1.82) is 0 Å². The van der Waals surface area contributed by atoms with Gasteiger partial charge in [0.2, 0.25) is 0 Å². The van der Waals surface area contributed by atoms with Crippen LogP contribution >= 0.6 is 0 Å². The highest BCUT2D eigenvalue weighted by Crippen LogP contribution is 2.24. The number of aryl methyl sites for hydroxylation is 1. The van der Waals surface area contributed by atoms with Crippen molar-refractivity contribution in [3.8, 4) is 5.75 Å². The summed E-state index contributed by atoms with van der Waals surface area (Å²) in [7, 11) is 0. The van der Waals surface area contributed by atoms with E-state index >= 15 is 0 Å². The van der Waals surface area contributed by atoms with Gasteiger partial charge >= 0.3 is 6.18 Å². The summed E-state index contributed by atoms with van der Waals surface area (Å²) in [6.45, 7) is 4.43. The van der Waals surface area contributed by atoms with Gasteiger partial charge in [0, 0.05) is 44.7 Å². The van der Waals surface area contributed by atoms with Gasteiger partial charge in [-0.2, -0.15) is 13.2 Å². The molecule has 1 aromatic carbocycles. The Morgan fingerprint density at radius 1 is 1.29 bits per heavy atom. The molecule has 1 fully saturated rings. The summed E-state index contributed by atoms with van der Waals surface area (Å²) >= 11 is 0. The molecule has 0 radical (unpaired) electrons. The van der Waals surface area contributed by atoms with E-state index in [9.17, 15) is 18.3 Å². The molecule has 3 N–H and O–H groups in total. The number of hydrogen-bond donors (Lipinski definition) is 3. The first-order chi connectivity index (χ1) is 13.2. The predicted octanol–water partition coefficient (Wildman–Crippen LogP) is 2.53. The largest absolute Gasteiger partial charge is 0.484 e. The van der Waals surface area contributed by atoms with Crippen LogP contribution in [0.25, 0.3) is 0 Å². The highest BCUT2D eigenvalue weighted by atomic mass is 19.4. The maximum absolute atomic E-state index is 12.5. The van der Waals surface area contributed by atoms with Gasteiger partial charge in [0.15, 0.2) is 12.6 Å². The van der Waals surface area contributed by atoms with E-state index in [2.05, 4.69) is 15.6 Å². The summed E-state index contributed by atoms with van der Waals surface area (Å²) in [5, 5.41) is 16.7. The lowest BCUT2D eigenvalue weighted by molar-refractivity contribution is -0.153. The summed E-state index contributed by atoms with van der Waals surface area (Å²) < 4.78 is 47.7. The fourth-order valence-corrected chi connectivity index (χ4v) is 2.77. The number of aliphatic hydroxyl groups is 1. The van der Waals surface area contributed by atoms with Crippen LogP contribution in [0.3, 0.4) is 0 Å². The van der Waals surface area contributed by atoms with Crippen molar-refractivity contribution in [2.45, 2.75) is 45.0 Å². The molecule has 28 heavy (non-hydrogen) atoms. The average Bonchev–Trinajstić information content (AvgIpc) is 2.63. The second kappa shape index (κ2) is 9.97. The van der Waals surface area contributed by atoms with Crippen molar-refractivity contribution in [3.05, 3.63) is 29.3 Å². The highest BCUT2D eigenvalue weighted by Gasteiger charge is 2.30. The third kappa shape index (κ3) is 7.55. The van der Waals surface area contributed by atoms with E-state index in [4.69, 9.17) is 9.47 Å². The topological polar surface area (TPSA) is 75.1 Å². The number of benzene rings is 1. The number of hydrogen-bond acceptors (Lipinski definition) is 4. The molecule has 0 unspecified atom stereocenters. The molecule has 1 saturated heterocycles. The number of guanidine groups is 1. The van der Waals surface area contributed by atoms with Crippen LogP contribution in [-0.2, 0) is 11.3 Å². The second-order valence-corrected chi connectivity index (χ2v) is 6.90. The number of halogens is 3. The van der Waals surface area contributed by atoms with Gasteiger partial charge in [0.25, 0.3) is 0 Å². The lowest BCUT2D eigenvalue weighted by Gasteiger charge is -2.32. The first-order valence-corrected chi connectivity index (χ1v) is 9.32. The summed E-state index contributed by atoms with van der Waals surface area (Å²) in [6, 6.07) is 5.08. The zero-order chi connectivity index (χ0) is 20.6. The fraction of sp³-hybridized carbons (Fsp3) is 0.632. The van der Waals surface area contributed by atoms with Gasteiger partial charge in [0.1, 0.15) is 5.75 Å². The lowest BCUT2D eigenvalue weighted by Crippen LogP contribution is -2.49. The van der Waals surface area contributed by atoms with E-state index in [0.29, 0.717) is 50.7 Å². The first-order valence-electron chi connectivity index (χ1n) is 9.32.